The lowest BCUT2D eigenvalue weighted by Crippen LogP contribution is -2.17. The molecular formula is C14H23NO. The number of benzene rings is 1. The number of ether oxygens (including phenoxy) is 1. The smallest absolute Gasteiger partial charge is 0.0720 e. The van der Waals surface area contributed by atoms with Gasteiger partial charge in [-0.1, -0.05) is 43.2 Å². The molecule has 0 aliphatic rings. The van der Waals surface area contributed by atoms with E-state index >= 15 is 0 Å². The second-order valence-corrected chi connectivity index (χ2v) is 4.28. The zero-order valence-electron chi connectivity index (χ0n) is 10.4. The molecule has 90 valence electrons. The van der Waals surface area contributed by atoms with E-state index in [0.29, 0.717) is 19.3 Å². The lowest BCUT2D eigenvalue weighted by atomic mass is 10.1. The molecule has 0 aromatic heterocycles. The first-order valence-electron chi connectivity index (χ1n) is 6.13. The molecule has 2 heteroatoms. The molecule has 0 unspecified atom stereocenters. The van der Waals surface area contributed by atoms with Gasteiger partial charge in [0.2, 0.25) is 0 Å². The molecule has 1 atom stereocenters. The van der Waals surface area contributed by atoms with Crippen molar-refractivity contribution in [3.05, 3.63) is 35.4 Å². The standard InChI is InChI=1S/C14H23NO/c1-3-4-14(9-10-15)16-11-13-7-5-12(2)6-8-13/h5-8,14H,3-4,9-11,15H2,1-2H3/t14-/m0/s1. The summed E-state index contributed by atoms with van der Waals surface area (Å²) >= 11 is 0. The summed E-state index contributed by atoms with van der Waals surface area (Å²) in [5, 5.41) is 0. The topological polar surface area (TPSA) is 35.2 Å². The quantitative estimate of drug-likeness (QED) is 0.768. The number of nitrogens with two attached hydrogens (primary N) is 1. The van der Waals surface area contributed by atoms with E-state index < -0.39 is 0 Å². The van der Waals surface area contributed by atoms with E-state index in [4.69, 9.17) is 10.5 Å². The predicted molar refractivity (Wildman–Crippen MR) is 68.3 cm³/mol. The molecule has 16 heavy (non-hydrogen) atoms. The van der Waals surface area contributed by atoms with Gasteiger partial charge in [0, 0.05) is 0 Å². The zero-order chi connectivity index (χ0) is 11.8. The van der Waals surface area contributed by atoms with Gasteiger partial charge in [-0.2, -0.15) is 0 Å². The van der Waals surface area contributed by atoms with Gasteiger partial charge in [0.15, 0.2) is 0 Å². The number of hydrogen-bond donors (Lipinski definition) is 1. The van der Waals surface area contributed by atoms with E-state index in [-0.39, 0.29) is 0 Å². The van der Waals surface area contributed by atoms with Gasteiger partial charge >= 0.3 is 0 Å². The second-order valence-electron chi connectivity index (χ2n) is 4.28. The van der Waals surface area contributed by atoms with Crippen LogP contribution < -0.4 is 5.73 Å². The van der Waals surface area contributed by atoms with Gasteiger partial charge in [-0.25, -0.2) is 0 Å². The second kappa shape index (κ2) is 7.42. The van der Waals surface area contributed by atoms with Gasteiger partial charge in [0.1, 0.15) is 0 Å². The van der Waals surface area contributed by atoms with Crippen LogP contribution in [0.2, 0.25) is 0 Å². The van der Waals surface area contributed by atoms with Gasteiger partial charge in [-0.05, 0) is 31.9 Å². The van der Waals surface area contributed by atoms with Crippen LogP contribution in [-0.4, -0.2) is 12.6 Å². The number of hydrogen-bond acceptors (Lipinski definition) is 2. The molecule has 0 heterocycles. The molecule has 2 nitrogen and oxygen atoms in total. The average Bonchev–Trinajstić information content (AvgIpc) is 2.29. The maximum Gasteiger partial charge on any atom is 0.0720 e. The summed E-state index contributed by atoms with van der Waals surface area (Å²) < 4.78 is 5.87. The molecule has 0 aliphatic carbocycles. The van der Waals surface area contributed by atoms with Crippen LogP contribution in [0.5, 0.6) is 0 Å². The highest BCUT2D eigenvalue weighted by molar-refractivity contribution is 5.20. The average molecular weight is 221 g/mol. The van der Waals surface area contributed by atoms with Crippen molar-refractivity contribution in [2.75, 3.05) is 6.54 Å². The van der Waals surface area contributed by atoms with Crippen LogP contribution in [0.4, 0.5) is 0 Å². The van der Waals surface area contributed by atoms with E-state index in [1.54, 1.807) is 0 Å². The van der Waals surface area contributed by atoms with Crippen LogP contribution in [0.25, 0.3) is 0 Å². The Morgan fingerprint density at radius 1 is 1.19 bits per heavy atom. The third-order valence-electron chi connectivity index (χ3n) is 2.71. The van der Waals surface area contributed by atoms with E-state index in [1.807, 2.05) is 0 Å². The van der Waals surface area contributed by atoms with Crippen molar-refractivity contribution < 1.29 is 4.74 Å². The van der Waals surface area contributed by atoms with E-state index in [0.717, 1.165) is 19.3 Å². The van der Waals surface area contributed by atoms with Crippen molar-refractivity contribution >= 4 is 0 Å². The summed E-state index contributed by atoms with van der Waals surface area (Å²) in [6.45, 7) is 5.68. The van der Waals surface area contributed by atoms with Crippen LogP contribution >= 0.6 is 0 Å². The van der Waals surface area contributed by atoms with Gasteiger partial charge in [-0.3, -0.25) is 0 Å². The van der Waals surface area contributed by atoms with Crippen molar-refractivity contribution in [3.8, 4) is 0 Å². The van der Waals surface area contributed by atoms with Crippen molar-refractivity contribution in [3.63, 3.8) is 0 Å². The first-order valence-corrected chi connectivity index (χ1v) is 6.13. The Morgan fingerprint density at radius 2 is 1.88 bits per heavy atom. The first kappa shape index (κ1) is 13.2. The molecule has 1 aromatic rings. The lowest BCUT2D eigenvalue weighted by Gasteiger charge is -2.16. The molecule has 1 aromatic carbocycles. The summed E-state index contributed by atoms with van der Waals surface area (Å²) in [6, 6.07) is 8.49. The fourth-order valence-corrected chi connectivity index (χ4v) is 1.72. The van der Waals surface area contributed by atoms with Gasteiger partial charge in [0.05, 0.1) is 12.7 Å². The maximum absolute atomic E-state index is 5.87. The Balaban J connectivity index is 2.38. The minimum Gasteiger partial charge on any atom is -0.373 e. The summed E-state index contributed by atoms with van der Waals surface area (Å²) in [6.07, 6.45) is 3.53. The monoisotopic (exact) mass is 221 g/mol. The Labute approximate surface area is 98.8 Å². The number of aryl methyl sites for hydroxylation is 1. The molecule has 0 amide bonds. The first-order chi connectivity index (χ1) is 7.76. The Kier molecular flexibility index (Phi) is 6.12. The van der Waals surface area contributed by atoms with E-state index in [1.165, 1.54) is 11.1 Å². The van der Waals surface area contributed by atoms with Crippen LogP contribution in [-0.2, 0) is 11.3 Å². The highest BCUT2D eigenvalue weighted by Crippen LogP contribution is 2.11. The van der Waals surface area contributed by atoms with Crippen molar-refractivity contribution in [2.45, 2.75) is 45.8 Å². The molecule has 0 saturated carbocycles. The molecule has 0 fully saturated rings. The summed E-state index contributed by atoms with van der Waals surface area (Å²) in [5.41, 5.74) is 8.10. The van der Waals surface area contributed by atoms with Gasteiger partial charge < -0.3 is 10.5 Å². The largest absolute Gasteiger partial charge is 0.373 e. The van der Waals surface area contributed by atoms with Crippen molar-refractivity contribution in [2.24, 2.45) is 5.73 Å². The number of rotatable bonds is 7. The third kappa shape index (κ3) is 4.77. The Bertz CT molecular complexity index is 275. The minimum atomic E-state index is 0.316. The molecular weight excluding hydrogens is 198 g/mol. The SMILES string of the molecule is CCC[C@@H](CCN)OCc1ccc(C)cc1. The molecule has 0 spiro atoms. The molecule has 0 radical (unpaired) electrons. The fourth-order valence-electron chi connectivity index (χ4n) is 1.72. The van der Waals surface area contributed by atoms with Crippen LogP contribution in [0, 0.1) is 6.92 Å². The van der Waals surface area contributed by atoms with E-state index in [2.05, 4.69) is 38.1 Å². The van der Waals surface area contributed by atoms with Gasteiger partial charge in [0.25, 0.3) is 0 Å². The highest BCUT2D eigenvalue weighted by Gasteiger charge is 2.06. The minimum absolute atomic E-state index is 0.316. The summed E-state index contributed by atoms with van der Waals surface area (Å²) in [5.74, 6) is 0. The lowest BCUT2D eigenvalue weighted by molar-refractivity contribution is 0.0306. The van der Waals surface area contributed by atoms with Crippen LogP contribution in [0.1, 0.15) is 37.3 Å². The molecule has 2 N–H and O–H groups in total. The van der Waals surface area contributed by atoms with Crippen molar-refractivity contribution in [1.82, 2.24) is 0 Å². The maximum atomic E-state index is 5.87. The summed E-state index contributed by atoms with van der Waals surface area (Å²) in [4.78, 5) is 0. The van der Waals surface area contributed by atoms with Gasteiger partial charge in [-0.15, -0.1) is 0 Å². The molecule has 0 bridgehead atoms. The van der Waals surface area contributed by atoms with E-state index in [9.17, 15) is 0 Å². The Hall–Kier alpha value is -0.860. The Morgan fingerprint density at radius 3 is 2.44 bits per heavy atom. The fraction of sp³-hybridized carbons (Fsp3) is 0.571. The molecule has 1 rings (SSSR count). The predicted octanol–water partition coefficient (Wildman–Crippen LogP) is 3.03. The van der Waals surface area contributed by atoms with Crippen LogP contribution in [0.15, 0.2) is 24.3 Å². The van der Waals surface area contributed by atoms with Crippen LogP contribution in [0.3, 0.4) is 0 Å². The normalized spacial score (nSPS) is 12.7. The molecule has 0 saturated heterocycles. The summed E-state index contributed by atoms with van der Waals surface area (Å²) in [7, 11) is 0. The molecule has 0 aliphatic heterocycles. The van der Waals surface area contributed by atoms with Crippen molar-refractivity contribution in [1.29, 1.82) is 0 Å². The highest BCUT2D eigenvalue weighted by atomic mass is 16.5. The third-order valence-corrected chi connectivity index (χ3v) is 2.71. The zero-order valence-corrected chi connectivity index (χ0v) is 10.4.